The molecule has 1 aromatic carbocycles. The average Bonchev–Trinajstić information content (AvgIpc) is 3.22. The third-order valence-electron chi connectivity index (χ3n) is 5.57. The molecule has 2 saturated heterocycles. The van der Waals surface area contributed by atoms with E-state index in [1.165, 1.54) is 19.2 Å². The Morgan fingerprint density at radius 1 is 1.16 bits per heavy atom. The number of likely N-dealkylation sites (tertiary alicyclic amines) is 1. The summed E-state index contributed by atoms with van der Waals surface area (Å²) in [7, 11) is 0. The van der Waals surface area contributed by atoms with Crippen LogP contribution in [0.15, 0.2) is 41.3 Å². The van der Waals surface area contributed by atoms with E-state index in [-0.39, 0.29) is 5.91 Å². The van der Waals surface area contributed by atoms with Crippen molar-refractivity contribution in [1.29, 1.82) is 0 Å². The molecule has 0 N–H and O–H groups in total. The van der Waals surface area contributed by atoms with Crippen molar-refractivity contribution in [2.24, 2.45) is 0 Å². The van der Waals surface area contributed by atoms with E-state index in [0.717, 1.165) is 36.4 Å². The third kappa shape index (κ3) is 3.09. The van der Waals surface area contributed by atoms with Gasteiger partial charge in [-0.2, -0.15) is 0 Å². The maximum absolute atomic E-state index is 13.0. The lowest BCUT2D eigenvalue weighted by atomic mass is 10.1. The van der Waals surface area contributed by atoms with Gasteiger partial charge in [0.2, 0.25) is 0 Å². The monoisotopic (exact) mass is 339 g/mol. The summed E-state index contributed by atoms with van der Waals surface area (Å²) in [5.74, 6) is 0.860. The molecule has 25 heavy (non-hydrogen) atoms. The molecule has 1 amide bonds. The molecule has 2 aliphatic rings. The van der Waals surface area contributed by atoms with E-state index in [1.54, 1.807) is 6.20 Å². The number of carbonyl (C=O) groups excluding carboxylic acids is 1. The molecule has 2 bridgehead atoms. The lowest BCUT2D eigenvalue weighted by Crippen LogP contribution is -2.44. The fraction of sp³-hybridized carbons (Fsp3) is 0.500. The molecule has 0 aliphatic carbocycles. The Bertz CT molecular complexity index is 724. The number of rotatable bonds is 3. The largest absolute Gasteiger partial charge is 0.444 e. The maximum Gasteiger partial charge on any atom is 0.253 e. The second-order valence-electron chi connectivity index (χ2n) is 7.41. The zero-order valence-electron chi connectivity index (χ0n) is 14.9. The van der Waals surface area contributed by atoms with E-state index in [0.29, 0.717) is 18.1 Å². The van der Waals surface area contributed by atoms with E-state index in [2.05, 4.69) is 23.7 Å². The highest BCUT2D eigenvalue weighted by Gasteiger charge is 2.39. The van der Waals surface area contributed by atoms with Gasteiger partial charge >= 0.3 is 0 Å². The van der Waals surface area contributed by atoms with E-state index < -0.39 is 0 Å². The summed E-state index contributed by atoms with van der Waals surface area (Å²) in [6.07, 6.45) is 6.66. The molecule has 4 rings (SSSR count). The summed E-state index contributed by atoms with van der Waals surface area (Å²) < 4.78 is 5.31. The van der Waals surface area contributed by atoms with Crippen molar-refractivity contribution in [3.63, 3.8) is 0 Å². The summed E-state index contributed by atoms with van der Waals surface area (Å²) in [4.78, 5) is 21.6. The molecule has 2 atom stereocenters. The Morgan fingerprint density at radius 2 is 1.92 bits per heavy atom. The Balaban J connectivity index is 1.49. The Kier molecular flexibility index (Phi) is 4.34. The zero-order chi connectivity index (χ0) is 17.4. The van der Waals surface area contributed by atoms with Gasteiger partial charge in [-0.05, 0) is 45.2 Å². The minimum atomic E-state index is 0.139. The summed E-state index contributed by atoms with van der Waals surface area (Å²) in [6.45, 7) is 6.24. The van der Waals surface area contributed by atoms with Crippen molar-refractivity contribution >= 4 is 5.91 Å². The Hall–Kier alpha value is -2.14. The third-order valence-corrected chi connectivity index (χ3v) is 5.57. The van der Waals surface area contributed by atoms with Gasteiger partial charge < -0.3 is 9.32 Å². The second kappa shape index (κ2) is 6.64. The fourth-order valence-electron chi connectivity index (χ4n) is 4.46. The van der Waals surface area contributed by atoms with Crippen LogP contribution < -0.4 is 0 Å². The second-order valence-corrected chi connectivity index (χ2v) is 7.41. The van der Waals surface area contributed by atoms with E-state index in [1.807, 2.05) is 29.2 Å². The minimum absolute atomic E-state index is 0.139. The summed E-state index contributed by atoms with van der Waals surface area (Å²) >= 11 is 0. The first-order chi connectivity index (χ1) is 12.1. The number of amides is 1. The van der Waals surface area contributed by atoms with Crippen LogP contribution in [-0.4, -0.2) is 51.9 Å². The lowest BCUT2D eigenvalue weighted by molar-refractivity contribution is 0.0728. The van der Waals surface area contributed by atoms with Crippen molar-refractivity contribution in [3.8, 4) is 11.3 Å². The van der Waals surface area contributed by atoms with Gasteiger partial charge in [-0.3, -0.25) is 9.69 Å². The SMILES string of the molecule is CC(C)N1C2CCC1CN(C(=O)c1ccc(-c3cnco3)cc1)CC2. The highest BCUT2D eigenvalue weighted by molar-refractivity contribution is 5.94. The maximum atomic E-state index is 13.0. The number of hydrogen-bond donors (Lipinski definition) is 0. The van der Waals surface area contributed by atoms with Crippen molar-refractivity contribution in [2.45, 2.75) is 51.2 Å². The molecule has 0 spiro atoms. The van der Waals surface area contributed by atoms with Gasteiger partial charge in [-0.25, -0.2) is 4.98 Å². The number of fused-ring (bicyclic) bond motifs is 2. The first kappa shape index (κ1) is 16.3. The number of carbonyl (C=O) groups is 1. The predicted octanol–water partition coefficient (Wildman–Crippen LogP) is 3.43. The van der Waals surface area contributed by atoms with Gasteiger partial charge in [-0.1, -0.05) is 12.1 Å². The normalized spacial score (nSPS) is 23.9. The molecule has 0 radical (unpaired) electrons. The van der Waals surface area contributed by atoms with E-state index in [4.69, 9.17) is 4.42 Å². The fourth-order valence-corrected chi connectivity index (χ4v) is 4.46. The van der Waals surface area contributed by atoms with E-state index in [9.17, 15) is 4.79 Å². The van der Waals surface area contributed by atoms with Gasteiger partial charge in [0.05, 0.1) is 6.20 Å². The highest BCUT2D eigenvalue weighted by atomic mass is 16.3. The predicted molar refractivity (Wildman–Crippen MR) is 96.2 cm³/mol. The molecule has 3 heterocycles. The first-order valence-corrected chi connectivity index (χ1v) is 9.19. The van der Waals surface area contributed by atoms with Crippen LogP contribution in [0.1, 0.15) is 43.5 Å². The molecule has 5 heteroatoms. The number of nitrogens with zero attached hydrogens (tertiary/aromatic N) is 3. The van der Waals surface area contributed by atoms with E-state index >= 15 is 0 Å². The zero-order valence-corrected chi connectivity index (χ0v) is 14.9. The lowest BCUT2D eigenvalue weighted by Gasteiger charge is -2.32. The van der Waals surface area contributed by atoms with Crippen LogP contribution in [0.4, 0.5) is 0 Å². The highest BCUT2D eigenvalue weighted by Crippen LogP contribution is 2.32. The van der Waals surface area contributed by atoms with Crippen LogP contribution in [0, 0.1) is 0 Å². The van der Waals surface area contributed by atoms with Crippen LogP contribution in [0.2, 0.25) is 0 Å². The molecular formula is C20H25N3O2. The van der Waals surface area contributed by atoms with Gasteiger partial charge in [0.15, 0.2) is 12.2 Å². The van der Waals surface area contributed by atoms with Crippen molar-refractivity contribution < 1.29 is 9.21 Å². The van der Waals surface area contributed by atoms with Crippen molar-refractivity contribution in [2.75, 3.05) is 13.1 Å². The minimum Gasteiger partial charge on any atom is -0.444 e. The van der Waals surface area contributed by atoms with Gasteiger partial charge in [0.1, 0.15) is 0 Å². The number of oxazole rings is 1. The number of hydrogen-bond acceptors (Lipinski definition) is 4. The van der Waals surface area contributed by atoms with Crippen LogP contribution in [0.5, 0.6) is 0 Å². The number of aromatic nitrogens is 1. The molecule has 2 unspecified atom stereocenters. The Labute approximate surface area is 148 Å². The molecule has 2 fully saturated rings. The molecule has 2 aliphatic heterocycles. The summed E-state index contributed by atoms with van der Waals surface area (Å²) in [5, 5.41) is 0. The summed E-state index contributed by atoms with van der Waals surface area (Å²) in [5.41, 5.74) is 1.69. The van der Waals surface area contributed by atoms with Crippen LogP contribution in [0.25, 0.3) is 11.3 Å². The Morgan fingerprint density at radius 3 is 2.60 bits per heavy atom. The molecule has 132 valence electrons. The van der Waals surface area contributed by atoms with Gasteiger partial charge in [-0.15, -0.1) is 0 Å². The van der Waals surface area contributed by atoms with Crippen molar-refractivity contribution in [1.82, 2.24) is 14.8 Å². The van der Waals surface area contributed by atoms with Gasteiger partial charge in [0, 0.05) is 42.3 Å². The molecule has 2 aromatic rings. The van der Waals surface area contributed by atoms with Crippen LogP contribution in [0.3, 0.4) is 0 Å². The molecule has 5 nitrogen and oxygen atoms in total. The first-order valence-electron chi connectivity index (χ1n) is 9.19. The standard InChI is InChI=1S/C20H25N3O2/c1-14(2)23-17-7-8-18(23)12-22(10-9-17)20(24)16-5-3-15(4-6-16)19-11-21-13-25-19/h3-6,11,13-14,17-18H,7-10,12H2,1-2H3. The molecule has 1 aromatic heterocycles. The molecular weight excluding hydrogens is 314 g/mol. The summed E-state index contributed by atoms with van der Waals surface area (Å²) in [6, 6.07) is 9.33. The average molecular weight is 339 g/mol. The topological polar surface area (TPSA) is 49.6 Å². The quantitative estimate of drug-likeness (QED) is 0.860. The number of benzene rings is 1. The molecule has 0 saturated carbocycles. The van der Waals surface area contributed by atoms with Gasteiger partial charge in [0.25, 0.3) is 5.91 Å². The van der Waals surface area contributed by atoms with Crippen LogP contribution in [-0.2, 0) is 0 Å². The smallest absolute Gasteiger partial charge is 0.253 e. The van der Waals surface area contributed by atoms with Crippen molar-refractivity contribution in [3.05, 3.63) is 42.4 Å². The van der Waals surface area contributed by atoms with Crippen LogP contribution >= 0.6 is 0 Å².